The van der Waals surface area contributed by atoms with E-state index in [1.807, 2.05) is 18.2 Å². The minimum atomic E-state index is -0.283. The predicted molar refractivity (Wildman–Crippen MR) is 78.6 cm³/mol. The average Bonchev–Trinajstić information content (AvgIpc) is 2.46. The summed E-state index contributed by atoms with van der Waals surface area (Å²) in [6.45, 7) is -0.0836. The summed E-state index contributed by atoms with van der Waals surface area (Å²) in [7, 11) is 1.53. The summed E-state index contributed by atoms with van der Waals surface area (Å²) in [6.07, 6.45) is 0. The van der Waals surface area contributed by atoms with Crippen molar-refractivity contribution in [3.05, 3.63) is 53.6 Å². The zero-order valence-corrected chi connectivity index (χ0v) is 11.7. The number of rotatable bonds is 5. The second-order valence-electron chi connectivity index (χ2n) is 3.99. The van der Waals surface area contributed by atoms with Crippen molar-refractivity contribution in [2.24, 2.45) is 0 Å². The first-order chi connectivity index (χ1) is 9.69. The number of carbonyl (C=O) groups is 1. The third-order valence-electron chi connectivity index (χ3n) is 2.55. The average molecular weight is 292 g/mol. The summed E-state index contributed by atoms with van der Waals surface area (Å²) < 4.78 is 10.5. The quantitative estimate of drug-likeness (QED) is 0.919. The Bertz CT molecular complexity index is 587. The van der Waals surface area contributed by atoms with Crippen LogP contribution in [-0.4, -0.2) is 19.6 Å². The van der Waals surface area contributed by atoms with E-state index in [1.165, 1.54) is 7.11 Å². The third-order valence-corrected chi connectivity index (χ3v) is 2.78. The van der Waals surface area contributed by atoms with E-state index in [4.69, 9.17) is 21.1 Å². The van der Waals surface area contributed by atoms with Crippen LogP contribution in [0, 0.1) is 0 Å². The molecule has 1 amide bonds. The normalized spacial score (nSPS) is 9.90. The Morgan fingerprint density at radius 3 is 2.65 bits per heavy atom. The number of nitrogens with one attached hydrogen (secondary N) is 1. The number of carbonyl (C=O) groups excluding carboxylic acids is 1. The number of methoxy groups -OCH3 is 1. The van der Waals surface area contributed by atoms with Crippen LogP contribution in [0.3, 0.4) is 0 Å². The van der Waals surface area contributed by atoms with Gasteiger partial charge in [0.15, 0.2) is 6.61 Å². The van der Waals surface area contributed by atoms with E-state index in [0.717, 1.165) is 0 Å². The molecule has 0 spiro atoms. The first kappa shape index (κ1) is 14.2. The molecule has 1 N–H and O–H groups in total. The molecule has 0 aromatic heterocycles. The largest absolute Gasteiger partial charge is 0.495 e. The van der Waals surface area contributed by atoms with Crippen LogP contribution in [0.25, 0.3) is 0 Å². The molecule has 0 fully saturated rings. The second-order valence-corrected chi connectivity index (χ2v) is 4.43. The number of anilines is 1. The van der Waals surface area contributed by atoms with Crippen molar-refractivity contribution in [1.29, 1.82) is 0 Å². The first-order valence-corrected chi connectivity index (χ1v) is 6.38. The molecule has 0 saturated heterocycles. The minimum absolute atomic E-state index is 0.0836. The standard InChI is InChI=1S/C15H14ClNO3/c1-19-14-8-7-11(16)9-13(14)17-15(18)10-20-12-5-3-2-4-6-12/h2-9H,10H2,1H3,(H,17,18). The Hall–Kier alpha value is -2.20. The summed E-state index contributed by atoms with van der Waals surface area (Å²) in [6, 6.07) is 14.1. The van der Waals surface area contributed by atoms with Gasteiger partial charge in [0.25, 0.3) is 5.91 Å². The summed E-state index contributed by atoms with van der Waals surface area (Å²) in [5.74, 6) is 0.901. The molecule has 5 heteroatoms. The number of hydrogen-bond acceptors (Lipinski definition) is 3. The summed E-state index contributed by atoms with van der Waals surface area (Å²) in [5, 5.41) is 3.22. The molecule has 2 aromatic carbocycles. The molecule has 0 aliphatic carbocycles. The van der Waals surface area contributed by atoms with Crippen molar-refractivity contribution in [2.75, 3.05) is 19.0 Å². The lowest BCUT2D eigenvalue weighted by molar-refractivity contribution is -0.118. The molecular formula is C15H14ClNO3. The Balaban J connectivity index is 1.96. The minimum Gasteiger partial charge on any atom is -0.495 e. The molecule has 0 heterocycles. The molecule has 0 aliphatic heterocycles. The van der Waals surface area contributed by atoms with Crippen molar-refractivity contribution in [3.8, 4) is 11.5 Å². The maximum absolute atomic E-state index is 11.8. The molecule has 2 rings (SSSR count). The number of amides is 1. The van der Waals surface area contributed by atoms with Gasteiger partial charge in [0.05, 0.1) is 12.8 Å². The molecule has 0 aliphatic rings. The van der Waals surface area contributed by atoms with Gasteiger partial charge in [0.1, 0.15) is 11.5 Å². The Morgan fingerprint density at radius 2 is 1.95 bits per heavy atom. The molecular weight excluding hydrogens is 278 g/mol. The number of para-hydroxylation sites is 1. The van der Waals surface area contributed by atoms with Crippen LogP contribution in [0.15, 0.2) is 48.5 Å². The van der Waals surface area contributed by atoms with Crippen LogP contribution in [0.5, 0.6) is 11.5 Å². The molecule has 0 atom stereocenters. The van der Waals surface area contributed by atoms with Gasteiger partial charge in [-0.15, -0.1) is 0 Å². The summed E-state index contributed by atoms with van der Waals surface area (Å²) in [4.78, 5) is 11.8. The molecule has 20 heavy (non-hydrogen) atoms. The topological polar surface area (TPSA) is 47.6 Å². The van der Waals surface area contributed by atoms with Crippen molar-refractivity contribution >= 4 is 23.2 Å². The van der Waals surface area contributed by atoms with Gasteiger partial charge < -0.3 is 14.8 Å². The number of ether oxygens (including phenoxy) is 2. The van der Waals surface area contributed by atoms with Crippen molar-refractivity contribution < 1.29 is 14.3 Å². The molecule has 0 bridgehead atoms. The number of hydrogen-bond donors (Lipinski definition) is 1. The van der Waals surface area contributed by atoms with Gasteiger partial charge in [-0.2, -0.15) is 0 Å². The van der Waals surface area contributed by atoms with Gasteiger partial charge >= 0.3 is 0 Å². The molecule has 2 aromatic rings. The lowest BCUT2D eigenvalue weighted by Gasteiger charge is -2.11. The van der Waals surface area contributed by atoms with Crippen LogP contribution in [0.2, 0.25) is 5.02 Å². The van der Waals surface area contributed by atoms with E-state index < -0.39 is 0 Å². The lowest BCUT2D eigenvalue weighted by Crippen LogP contribution is -2.20. The monoisotopic (exact) mass is 291 g/mol. The SMILES string of the molecule is COc1ccc(Cl)cc1NC(=O)COc1ccccc1. The van der Waals surface area contributed by atoms with E-state index in [9.17, 15) is 4.79 Å². The second kappa shape index (κ2) is 6.82. The highest BCUT2D eigenvalue weighted by Crippen LogP contribution is 2.27. The Kier molecular flexibility index (Phi) is 4.85. The van der Waals surface area contributed by atoms with E-state index in [2.05, 4.69) is 5.32 Å². The van der Waals surface area contributed by atoms with Gasteiger partial charge in [0, 0.05) is 5.02 Å². The first-order valence-electron chi connectivity index (χ1n) is 6.00. The maximum atomic E-state index is 11.8. The molecule has 4 nitrogen and oxygen atoms in total. The lowest BCUT2D eigenvalue weighted by atomic mass is 10.3. The van der Waals surface area contributed by atoms with Crippen LogP contribution < -0.4 is 14.8 Å². The van der Waals surface area contributed by atoms with Gasteiger partial charge in [-0.05, 0) is 30.3 Å². The number of halogens is 1. The van der Waals surface area contributed by atoms with Crippen molar-refractivity contribution in [1.82, 2.24) is 0 Å². The summed E-state index contributed by atoms with van der Waals surface area (Å²) >= 11 is 5.89. The van der Waals surface area contributed by atoms with Crippen LogP contribution in [0.1, 0.15) is 0 Å². The molecule has 0 saturated carbocycles. The number of benzene rings is 2. The van der Waals surface area contributed by atoms with Crippen molar-refractivity contribution in [2.45, 2.75) is 0 Å². The summed E-state index contributed by atoms with van der Waals surface area (Å²) in [5.41, 5.74) is 0.515. The fourth-order valence-corrected chi connectivity index (χ4v) is 1.80. The Labute approximate surface area is 122 Å². The van der Waals surface area contributed by atoms with E-state index in [-0.39, 0.29) is 12.5 Å². The smallest absolute Gasteiger partial charge is 0.262 e. The van der Waals surface area contributed by atoms with Gasteiger partial charge in [-0.1, -0.05) is 29.8 Å². The van der Waals surface area contributed by atoms with Crippen LogP contribution >= 0.6 is 11.6 Å². The highest BCUT2D eigenvalue weighted by atomic mass is 35.5. The zero-order valence-electron chi connectivity index (χ0n) is 10.9. The Morgan fingerprint density at radius 1 is 1.20 bits per heavy atom. The fraction of sp³-hybridized carbons (Fsp3) is 0.133. The van der Waals surface area contributed by atoms with Gasteiger partial charge in [-0.25, -0.2) is 0 Å². The third kappa shape index (κ3) is 3.90. The van der Waals surface area contributed by atoms with E-state index >= 15 is 0 Å². The molecule has 0 unspecified atom stereocenters. The van der Waals surface area contributed by atoms with Crippen molar-refractivity contribution in [3.63, 3.8) is 0 Å². The highest BCUT2D eigenvalue weighted by Gasteiger charge is 2.08. The fourth-order valence-electron chi connectivity index (χ4n) is 1.63. The van der Waals surface area contributed by atoms with E-state index in [0.29, 0.717) is 22.2 Å². The van der Waals surface area contributed by atoms with E-state index in [1.54, 1.807) is 30.3 Å². The van der Waals surface area contributed by atoms with Gasteiger partial charge in [0.2, 0.25) is 0 Å². The predicted octanol–water partition coefficient (Wildman–Crippen LogP) is 3.37. The van der Waals surface area contributed by atoms with Crippen LogP contribution in [0.4, 0.5) is 5.69 Å². The molecule has 0 radical (unpaired) electrons. The maximum Gasteiger partial charge on any atom is 0.262 e. The van der Waals surface area contributed by atoms with Gasteiger partial charge in [-0.3, -0.25) is 4.79 Å². The highest BCUT2D eigenvalue weighted by molar-refractivity contribution is 6.31. The van der Waals surface area contributed by atoms with Crippen LogP contribution in [-0.2, 0) is 4.79 Å². The molecule has 104 valence electrons. The zero-order chi connectivity index (χ0) is 14.4.